The van der Waals surface area contributed by atoms with Crippen molar-refractivity contribution in [2.24, 2.45) is 11.8 Å². The summed E-state index contributed by atoms with van der Waals surface area (Å²) in [5, 5.41) is 0. The van der Waals surface area contributed by atoms with Gasteiger partial charge in [0.2, 0.25) is 0 Å². The van der Waals surface area contributed by atoms with Gasteiger partial charge in [-0.1, -0.05) is 175 Å². The van der Waals surface area contributed by atoms with Crippen molar-refractivity contribution < 1.29 is 9.53 Å². The van der Waals surface area contributed by atoms with E-state index in [0.717, 1.165) is 12.8 Å². The second-order valence-electron chi connectivity index (χ2n) is 11.8. The first-order valence-electron chi connectivity index (χ1n) is 16.8. The highest BCUT2D eigenvalue weighted by atomic mass is 16.5. The van der Waals surface area contributed by atoms with Gasteiger partial charge in [-0.15, -0.1) is 0 Å². The van der Waals surface area contributed by atoms with Crippen molar-refractivity contribution in [3.05, 3.63) is 0 Å². The van der Waals surface area contributed by atoms with Gasteiger partial charge in [-0.05, 0) is 25.2 Å². The molecule has 0 aromatic carbocycles. The van der Waals surface area contributed by atoms with E-state index in [9.17, 15) is 4.79 Å². The highest BCUT2D eigenvalue weighted by Gasteiger charge is 2.17. The first-order valence-corrected chi connectivity index (χ1v) is 16.8. The molecule has 2 unspecified atom stereocenters. The van der Waals surface area contributed by atoms with Gasteiger partial charge < -0.3 is 4.74 Å². The zero-order valence-corrected chi connectivity index (χ0v) is 25.6. The largest absolute Gasteiger partial charge is 0.465 e. The van der Waals surface area contributed by atoms with Gasteiger partial charge in [0.05, 0.1) is 12.5 Å². The van der Waals surface area contributed by atoms with Gasteiger partial charge >= 0.3 is 5.97 Å². The summed E-state index contributed by atoms with van der Waals surface area (Å²) in [5.74, 6) is 0.679. The molecule has 0 aromatic heterocycles. The van der Waals surface area contributed by atoms with Crippen LogP contribution in [-0.4, -0.2) is 12.6 Å². The minimum atomic E-state index is 0.0461. The van der Waals surface area contributed by atoms with Gasteiger partial charge in [-0.25, -0.2) is 0 Å². The number of ether oxygens (including phenoxy) is 1. The van der Waals surface area contributed by atoms with E-state index >= 15 is 0 Å². The van der Waals surface area contributed by atoms with Crippen LogP contribution >= 0.6 is 0 Å². The molecule has 2 atom stereocenters. The predicted octanol–water partition coefficient (Wildman–Crippen LogP) is 12.0. The van der Waals surface area contributed by atoms with Gasteiger partial charge in [0.1, 0.15) is 0 Å². The molecule has 216 valence electrons. The Hall–Kier alpha value is -0.530. The van der Waals surface area contributed by atoms with Crippen molar-refractivity contribution in [3.63, 3.8) is 0 Å². The van der Waals surface area contributed by atoms with Crippen molar-refractivity contribution in [2.75, 3.05) is 6.61 Å². The Balaban J connectivity index is 4.02. The third-order valence-electron chi connectivity index (χ3n) is 8.04. The molecule has 0 aliphatic rings. The van der Waals surface area contributed by atoms with Crippen molar-refractivity contribution >= 4 is 5.97 Å². The van der Waals surface area contributed by atoms with E-state index < -0.39 is 0 Å². The van der Waals surface area contributed by atoms with Crippen LogP contribution in [0, 0.1) is 11.8 Å². The highest BCUT2D eigenvalue weighted by Crippen LogP contribution is 2.21. The third-order valence-corrected chi connectivity index (χ3v) is 8.04. The summed E-state index contributed by atoms with van der Waals surface area (Å²) in [7, 11) is 0. The first kappa shape index (κ1) is 35.5. The van der Waals surface area contributed by atoms with Crippen LogP contribution in [0.25, 0.3) is 0 Å². The number of carbonyl (C=O) groups excluding carboxylic acids is 1. The monoisotopic (exact) mass is 509 g/mol. The normalized spacial score (nSPS) is 13.1. The number of hydrogen-bond acceptors (Lipinski definition) is 2. The van der Waals surface area contributed by atoms with Crippen LogP contribution in [0.15, 0.2) is 0 Å². The number of carbonyl (C=O) groups is 1. The molecule has 36 heavy (non-hydrogen) atoms. The lowest BCUT2D eigenvalue weighted by Crippen LogP contribution is -2.20. The number of hydrogen-bond donors (Lipinski definition) is 0. The average Bonchev–Trinajstić information content (AvgIpc) is 2.88. The summed E-state index contributed by atoms with van der Waals surface area (Å²) in [5.41, 5.74) is 0. The van der Waals surface area contributed by atoms with Crippen LogP contribution in [0.4, 0.5) is 0 Å². The summed E-state index contributed by atoms with van der Waals surface area (Å²) >= 11 is 0. The molecule has 0 aliphatic heterocycles. The van der Waals surface area contributed by atoms with E-state index in [2.05, 4.69) is 27.7 Å². The summed E-state index contributed by atoms with van der Waals surface area (Å²) in [6, 6.07) is 0. The van der Waals surface area contributed by atoms with Crippen LogP contribution in [0.2, 0.25) is 0 Å². The van der Waals surface area contributed by atoms with E-state index in [0.29, 0.717) is 12.5 Å². The Labute approximate surface area is 228 Å². The molecule has 0 rings (SSSR count). The van der Waals surface area contributed by atoms with Crippen molar-refractivity contribution in [1.82, 2.24) is 0 Å². The molecular formula is C34H68O2. The maximum Gasteiger partial charge on any atom is 0.308 e. The molecule has 0 saturated heterocycles. The second-order valence-corrected chi connectivity index (χ2v) is 11.8. The van der Waals surface area contributed by atoms with Gasteiger partial charge in [0.25, 0.3) is 0 Å². The fourth-order valence-corrected chi connectivity index (χ4v) is 5.31. The van der Waals surface area contributed by atoms with Crippen LogP contribution in [0.1, 0.15) is 195 Å². The van der Waals surface area contributed by atoms with Crippen LogP contribution in [0.5, 0.6) is 0 Å². The first-order chi connectivity index (χ1) is 17.7. The van der Waals surface area contributed by atoms with Crippen molar-refractivity contribution in [3.8, 4) is 0 Å². The Morgan fingerprint density at radius 1 is 0.472 bits per heavy atom. The Kier molecular flexibility index (Phi) is 28.6. The van der Waals surface area contributed by atoms with Gasteiger partial charge in [0.15, 0.2) is 0 Å². The van der Waals surface area contributed by atoms with Crippen LogP contribution < -0.4 is 0 Å². The Bertz CT molecular complexity index is 433. The van der Waals surface area contributed by atoms with E-state index in [4.69, 9.17) is 4.74 Å². The minimum Gasteiger partial charge on any atom is -0.465 e. The van der Waals surface area contributed by atoms with Crippen molar-refractivity contribution in [2.45, 2.75) is 195 Å². The van der Waals surface area contributed by atoms with E-state index in [1.54, 1.807) is 0 Å². The lowest BCUT2D eigenvalue weighted by atomic mass is 9.94. The molecule has 0 fully saturated rings. The smallest absolute Gasteiger partial charge is 0.308 e. The molecule has 0 amide bonds. The standard InChI is InChI=1S/C34H68O2/c1-5-8-11-14-16-17-18-19-20-21-22-24-27-30-33(29-26-23-15-12-9-6-2)31-36-34(35)32(4)28-25-13-10-7-3/h32-33H,5-31H2,1-4H3. The number of unbranched alkanes of at least 4 members (excludes halogenated alkanes) is 20. The topological polar surface area (TPSA) is 26.3 Å². The molecule has 0 saturated carbocycles. The number of rotatable bonds is 29. The quantitative estimate of drug-likeness (QED) is 0.0741. The molecule has 2 nitrogen and oxygen atoms in total. The van der Waals surface area contributed by atoms with Gasteiger partial charge in [0, 0.05) is 0 Å². The molecule has 0 radical (unpaired) electrons. The zero-order chi connectivity index (χ0) is 26.5. The molecule has 0 N–H and O–H groups in total. The SMILES string of the molecule is CCCCCCCCCCCCCCCC(CCCCCCCC)COC(=O)C(C)CCCCCC. The number of esters is 1. The van der Waals surface area contributed by atoms with Gasteiger partial charge in [-0.2, -0.15) is 0 Å². The lowest BCUT2D eigenvalue weighted by Gasteiger charge is -2.19. The minimum absolute atomic E-state index is 0.0461. The summed E-state index contributed by atoms with van der Waals surface area (Å²) in [6.07, 6.45) is 34.8. The lowest BCUT2D eigenvalue weighted by molar-refractivity contribution is -0.149. The van der Waals surface area contributed by atoms with Crippen molar-refractivity contribution in [1.29, 1.82) is 0 Å². The van der Waals surface area contributed by atoms with Crippen LogP contribution in [-0.2, 0) is 9.53 Å². The maximum absolute atomic E-state index is 12.5. The third kappa shape index (κ3) is 25.1. The second kappa shape index (κ2) is 29.0. The summed E-state index contributed by atoms with van der Waals surface area (Å²) in [4.78, 5) is 12.5. The fourth-order valence-electron chi connectivity index (χ4n) is 5.31. The van der Waals surface area contributed by atoms with Crippen LogP contribution in [0.3, 0.4) is 0 Å². The van der Waals surface area contributed by atoms with Gasteiger partial charge in [-0.3, -0.25) is 4.79 Å². The molecular weight excluding hydrogens is 440 g/mol. The molecule has 2 heteroatoms. The molecule has 0 aromatic rings. The highest BCUT2D eigenvalue weighted by molar-refractivity contribution is 5.71. The summed E-state index contributed by atoms with van der Waals surface area (Å²) < 4.78 is 5.84. The zero-order valence-electron chi connectivity index (χ0n) is 25.6. The predicted molar refractivity (Wildman–Crippen MR) is 161 cm³/mol. The molecule has 0 heterocycles. The Morgan fingerprint density at radius 3 is 1.17 bits per heavy atom. The summed E-state index contributed by atoms with van der Waals surface area (Å²) in [6.45, 7) is 9.53. The average molecular weight is 509 g/mol. The maximum atomic E-state index is 12.5. The fraction of sp³-hybridized carbons (Fsp3) is 0.971. The van der Waals surface area contributed by atoms with E-state index in [1.165, 1.54) is 154 Å². The molecule has 0 aliphatic carbocycles. The molecule has 0 bridgehead atoms. The van der Waals surface area contributed by atoms with E-state index in [-0.39, 0.29) is 11.9 Å². The van der Waals surface area contributed by atoms with E-state index in [1.807, 2.05) is 0 Å². The molecule has 0 spiro atoms. The Morgan fingerprint density at radius 2 is 0.778 bits per heavy atom.